The highest BCUT2D eigenvalue weighted by Gasteiger charge is 2.08. The molecule has 1 unspecified atom stereocenters. The van der Waals surface area contributed by atoms with E-state index in [1.165, 1.54) is 13.2 Å². The molecule has 0 aliphatic rings. The molecule has 0 radical (unpaired) electrons. The van der Waals surface area contributed by atoms with Crippen LogP contribution in [0.5, 0.6) is 5.75 Å². The smallest absolute Gasteiger partial charge is 0.190 e. The van der Waals surface area contributed by atoms with Crippen LogP contribution < -0.4 is 4.74 Å². The summed E-state index contributed by atoms with van der Waals surface area (Å²) in [5, 5.41) is 0.410. The molecule has 0 saturated heterocycles. The highest BCUT2D eigenvalue weighted by molar-refractivity contribution is 7.79. The van der Waals surface area contributed by atoms with Crippen molar-refractivity contribution in [2.75, 3.05) is 7.11 Å². The van der Waals surface area contributed by atoms with Gasteiger partial charge in [-0.05, 0) is 18.2 Å². The van der Waals surface area contributed by atoms with Gasteiger partial charge in [-0.1, -0.05) is 11.6 Å². The molecule has 66 valence electrons. The van der Waals surface area contributed by atoms with Crippen molar-refractivity contribution in [1.29, 1.82) is 0 Å². The third-order valence-corrected chi connectivity index (χ3v) is 2.24. The molecule has 12 heavy (non-hydrogen) atoms. The van der Waals surface area contributed by atoms with Crippen molar-refractivity contribution in [1.82, 2.24) is 0 Å². The van der Waals surface area contributed by atoms with E-state index in [9.17, 15) is 4.21 Å². The molecule has 0 heterocycles. The fourth-order valence-electron chi connectivity index (χ4n) is 0.787. The van der Waals surface area contributed by atoms with Crippen LogP contribution in [0, 0.1) is 0 Å². The Morgan fingerprint density at radius 3 is 2.75 bits per heavy atom. The number of hydrogen-bond donors (Lipinski definition) is 1. The molecule has 0 fully saturated rings. The third-order valence-electron chi connectivity index (χ3n) is 1.31. The van der Waals surface area contributed by atoms with Crippen molar-refractivity contribution < 1.29 is 13.5 Å². The summed E-state index contributed by atoms with van der Waals surface area (Å²) in [6.45, 7) is 0. The van der Waals surface area contributed by atoms with E-state index in [0.29, 0.717) is 10.8 Å². The molecule has 1 atom stereocenters. The number of halogens is 1. The number of benzene rings is 1. The lowest BCUT2D eigenvalue weighted by molar-refractivity contribution is 0.402. The van der Waals surface area contributed by atoms with Gasteiger partial charge < -0.3 is 9.29 Å². The molecule has 0 aliphatic carbocycles. The van der Waals surface area contributed by atoms with Crippen molar-refractivity contribution in [3.8, 4) is 5.75 Å². The molecule has 3 nitrogen and oxygen atoms in total. The Morgan fingerprint density at radius 1 is 1.58 bits per heavy atom. The summed E-state index contributed by atoms with van der Waals surface area (Å²) in [5.41, 5.74) is 0. The van der Waals surface area contributed by atoms with Gasteiger partial charge in [0.25, 0.3) is 0 Å². The zero-order chi connectivity index (χ0) is 9.14. The number of methoxy groups -OCH3 is 1. The standard InChI is InChI=1S/C7H7ClO3S/c1-11-6-3-2-5(8)4-7(6)12(9)10/h2-4H,1H3,(H,9,10). The summed E-state index contributed by atoms with van der Waals surface area (Å²) in [7, 11) is 1.43. The molecular weight excluding hydrogens is 200 g/mol. The second-order valence-corrected chi connectivity index (χ2v) is 3.42. The lowest BCUT2D eigenvalue weighted by Crippen LogP contribution is -1.93. The van der Waals surface area contributed by atoms with Crippen LogP contribution in [-0.4, -0.2) is 15.9 Å². The van der Waals surface area contributed by atoms with Gasteiger partial charge in [-0.2, -0.15) is 0 Å². The number of hydrogen-bond acceptors (Lipinski definition) is 2. The molecule has 0 saturated carbocycles. The molecule has 0 aliphatic heterocycles. The maximum atomic E-state index is 10.7. The highest BCUT2D eigenvalue weighted by Crippen LogP contribution is 2.24. The summed E-state index contributed by atoms with van der Waals surface area (Å²) in [4.78, 5) is 0.185. The minimum atomic E-state index is -2.06. The Kier molecular flexibility index (Phi) is 3.08. The summed E-state index contributed by atoms with van der Waals surface area (Å²) in [5.74, 6) is 0.361. The average molecular weight is 207 g/mol. The van der Waals surface area contributed by atoms with E-state index >= 15 is 0 Å². The maximum Gasteiger partial charge on any atom is 0.190 e. The first-order valence-corrected chi connectivity index (χ1v) is 4.58. The van der Waals surface area contributed by atoms with Gasteiger partial charge in [0.05, 0.1) is 7.11 Å². The van der Waals surface area contributed by atoms with Gasteiger partial charge in [0.1, 0.15) is 10.6 Å². The predicted octanol–water partition coefficient (Wildman–Crippen LogP) is 1.93. The van der Waals surface area contributed by atoms with Gasteiger partial charge >= 0.3 is 0 Å². The van der Waals surface area contributed by atoms with Gasteiger partial charge in [-0.3, -0.25) is 0 Å². The largest absolute Gasteiger partial charge is 0.495 e. The SMILES string of the molecule is COc1ccc(Cl)cc1S(=O)O. The molecule has 0 bridgehead atoms. The van der Waals surface area contributed by atoms with E-state index in [2.05, 4.69) is 0 Å². The first kappa shape index (κ1) is 9.51. The Balaban J connectivity index is 3.21. The second-order valence-electron chi connectivity index (χ2n) is 2.04. The zero-order valence-electron chi connectivity index (χ0n) is 6.28. The summed E-state index contributed by atoms with van der Waals surface area (Å²) in [6, 6.07) is 4.54. The van der Waals surface area contributed by atoms with Gasteiger partial charge in [-0.25, -0.2) is 4.21 Å². The van der Waals surface area contributed by atoms with E-state index in [4.69, 9.17) is 20.9 Å². The maximum absolute atomic E-state index is 10.7. The Bertz CT molecular complexity index is 314. The zero-order valence-corrected chi connectivity index (χ0v) is 7.85. The van der Waals surface area contributed by atoms with Crippen molar-refractivity contribution in [2.24, 2.45) is 0 Å². The summed E-state index contributed by atoms with van der Waals surface area (Å²) in [6.07, 6.45) is 0. The topological polar surface area (TPSA) is 46.5 Å². The molecule has 5 heteroatoms. The Hall–Kier alpha value is -0.580. The first-order valence-electron chi connectivity index (χ1n) is 3.09. The van der Waals surface area contributed by atoms with Crippen LogP contribution in [0.15, 0.2) is 23.1 Å². The lowest BCUT2D eigenvalue weighted by Gasteiger charge is -2.04. The van der Waals surface area contributed by atoms with Gasteiger partial charge in [0.2, 0.25) is 0 Å². The summed E-state index contributed by atoms with van der Waals surface area (Å²) < 4.78 is 24.3. The average Bonchev–Trinajstić information content (AvgIpc) is 2.04. The lowest BCUT2D eigenvalue weighted by atomic mass is 10.3. The second kappa shape index (κ2) is 3.89. The molecular formula is C7H7ClO3S. The monoisotopic (exact) mass is 206 g/mol. The van der Waals surface area contributed by atoms with Crippen LogP contribution in [0.25, 0.3) is 0 Å². The predicted molar refractivity (Wildman–Crippen MR) is 47.0 cm³/mol. The van der Waals surface area contributed by atoms with Crippen LogP contribution in [0.3, 0.4) is 0 Å². The van der Waals surface area contributed by atoms with E-state index in [1.54, 1.807) is 12.1 Å². The van der Waals surface area contributed by atoms with Crippen LogP contribution in [0.2, 0.25) is 5.02 Å². The van der Waals surface area contributed by atoms with Crippen LogP contribution in [0.4, 0.5) is 0 Å². The van der Waals surface area contributed by atoms with E-state index in [0.717, 1.165) is 0 Å². The van der Waals surface area contributed by atoms with Crippen LogP contribution in [-0.2, 0) is 11.1 Å². The minimum Gasteiger partial charge on any atom is -0.495 e. The Labute approximate surface area is 77.6 Å². The molecule has 1 N–H and O–H groups in total. The van der Waals surface area contributed by atoms with Crippen molar-refractivity contribution in [2.45, 2.75) is 4.90 Å². The molecule has 0 amide bonds. The quantitative estimate of drug-likeness (QED) is 0.753. The molecule has 1 aromatic carbocycles. The third kappa shape index (κ3) is 1.97. The molecule has 1 rings (SSSR count). The number of rotatable bonds is 2. The minimum absolute atomic E-state index is 0.185. The van der Waals surface area contributed by atoms with Gasteiger partial charge in [0.15, 0.2) is 11.1 Å². The fraction of sp³-hybridized carbons (Fsp3) is 0.143. The van der Waals surface area contributed by atoms with Crippen molar-refractivity contribution in [3.05, 3.63) is 23.2 Å². The van der Waals surface area contributed by atoms with Gasteiger partial charge in [-0.15, -0.1) is 0 Å². The van der Waals surface area contributed by atoms with Crippen molar-refractivity contribution >= 4 is 22.7 Å². The summed E-state index contributed by atoms with van der Waals surface area (Å²) >= 11 is 3.56. The van der Waals surface area contributed by atoms with E-state index < -0.39 is 11.1 Å². The molecule has 0 aromatic heterocycles. The first-order chi connectivity index (χ1) is 5.65. The molecule has 1 aromatic rings. The van der Waals surface area contributed by atoms with Crippen LogP contribution in [0.1, 0.15) is 0 Å². The van der Waals surface area contributed by atoms with Crippen molar-refractivity contribution in [3.63, 3.8) is 0 Å². The number of ether oxygens (including phenoxy) is 1. The van der Waals surface area contributed by atoms with E-state index in [1.807, 2.05) is 0 Å². The van der Waals surface area contributed by atoms with Crippen LogP contribution >= 0.6 is 11.6 Å². The normalized spacial score (nSPS) is 12.6. The van der Waals surface area contributed by atoms with Gasteiger partial charge in [0, 0.05) is 5.02 Å². The highest BCUT2D eigenvalue weighted by atomic mass is 35.5. The van der Waals surface area contributed by atoms with E-state index in [-0.39, 0.29) is 4.90 Å². The molecule has 0 spiro atoms. The Morgan fingerprint density at radius 2 is 2.25 bits per heavy atom. The fourth-order valence-corrected chi connectivity index (χ4v) is 1.58.